The number of nitrogens with zero attached hydrogens (tertiary/aromatic N) is 2. The molecule has 1 fully saturated rings. The molecule has 118 valence electrons. The summed E-state index contributed by atoms with van der Waals surface area (Å²) >= 11 is 0. The van der Waals surface area contributed by atoms with E-state index >= 15 is 0 Å². The third-order valence-electron chi connectivity index (χ3n) is 3.94. The molecule has 1 aromatic heterocycles. The SMILES string of the molecule is CCNC(=NCc1nc(C)c(C)o1)NCC1CCCC1O. The van der Waals surface area contributed by atoms with Gasteiger partial charge in [0.15, 0.2) is 5.96 Å². The Bertz CT molecular complexity index is 465. The Morgan fingerprint density at radius 3 is 2.76 bits per heavy atom. The quantitative estimate of drug-likeness (QED) is 0.566. The van der Waals surface area contributed by atoms with E-state index in [9.17, 15) is 5.11 Å². The van der Waals surface area contributed by atoms with Crippen molar-refractivity contribution in [3.63, 3.8) is 0 Å². The number of aliphatic hydroxyl groups is 1. The first-order chi connectivity index (χ1) is 10.1. The summed E-state index contributed by atoms with van der Waals surface area (Å²) in [6, 6.07) is 0. The largest absolute Gasteiger partial charge is 0.444 e. The lowest BCUT2D eigenvalue weighted by molar-refractivity contribution is 0.134. The monoisotopic (exact) mass is 294 g/mol. The standard InChI is InChI=1S/C15H26N4O2/c1-4-16-15(17-8-12-6-5-7-13(12)20)18-9-14-19-10(2)11(3)21-14/h12-13,20H,4-9H2,1-3H3,(H2,16,17,18). The summed E-state index contributed by atoms with van der Waals surface area (Å²) < 4.78 is 5.52. The van der Waals surface area contributed by atoms with Crippen LogP contribution in [0.25, 0.3) is 0 Å². The molecule has 3 N–H and O–H groups in total. The van der Waals surface area contributed by atoms with Gasteiger partial charge < -0.3 is 20.2 Å². The average molecular weight is 294 g/mol. The molecule has 1 saturated carbocycles. The molecular weight excluding hydrogens is 268 g/mol. The Balaban J connectivity index is 1.89. The van der Waals surface area contributed by atoms with Crippen molar-refractivity contribution in [2.45, 2.75) is 52.7 Å². The highest BCUT2D eigenvalue weighted by atomic mass is 16.4. The lowest BCUT2D eigenvalue weighted by Gasteiger charge is -2.17. The molecular formula is C15H26N4O2. The number of oxazole rings is 1. The van der Waals surface area contributed by atoms with Crippen LogP contribution < -0.4 is 10.6 Å². The minimum Gasteiger partial charge on any atom is -0.444 e. The first-order valence-electron chi connectivity index (χ1n) is 7.73. The zero-order valence-corrected chi connectivity index (χ0v) is 13.1. The molecule has 2 rings (SSSR count). The van der Waals surface area contributed by atoms with Crippen LogP contribution in [-0.2, 0) is 6.54 Å². The Hall–Kier alpha value is -1.56. The lowest BCUT2D eigenvalue weighted by Crippen LogP contribution is -2.41. The van der Waals surface area contributed by atoms with E-state index in [0.29, 0.717) is 18.4 Å². The highest BCUT2D eigenvalue weighted by Crippen LogP contribution is 2.24. The van der Waals surface area contributed by atoms with Crippen LogP contribution in [-0.4, -0.2) is 35.2 Å². The normalized spacial score (nSPS) is 22.6. The number of guanidine groups is 1. The molecule has 2 unspecified atom stereocenters. The summed E-state index contributed by atoms with van der Waals surface area (Å²) in [5, 5.41) is 16.3. The number of aromatic nitrogens is 1. The predicted molar refractivity (Wildman–Crippen MR) is 82.1 cm³/mol. The Labute approximate surface area is 126 Å². The molecule has 6 nitrogen and oxygen atoms in total. The third kappa shape index (κ3) is 4.46. The predicted octanol–water partition coefficient (Wildman–Crippen LogP) is 1.51. The van der Waals surface area contributed by atoms with Crippen molar-refractivity contribution in [1.82, 2.24) is 15.6 Å². The first kappa shape index (κ1) is 15.8. The van der Waals surface area contributed by atoms with Crippen LogP contribution in [0.15, 0.2) is 9.41 Å². The molecule has 0 spiro atoms. The van der Waals surface area contributed by atoms with E-state index in [-0.39, 0.29) is 6.10 Å². The van der Waals surface area contributed by atoms with Gasteiger partial charge in [-0.05, 0) is 33.6 Å². The van der Waals surface area contributed by atoms with E-state index < -0.39 is 0 Å². The van der Waals surface area contributed by atoms with E-state index in [1.807, 2.05) is 20.8 Å². The van der Waals surface area contributed by atoms with Crippen molar-refractivity contribution >= 4 is 5.96 Å². The second-order valence-corrected chi connectivity index (χ2v) is 5.58. The van der Waals surface area contributed by atoms with Gasteiger partial charge in [-0.15, -0.1) is 0 Å². The van der Waals surface area contributed by atoms with Gasteiger partial charge in [-0.1, -0.05) is 6.42 Å². The molecule has 0 aliphatic heterocycles. The van der Waals surface area contributed by atoms with Crippen LogP contribution in [0.5, 0.6) is 0 Å². The summed E-state index contributed by atoms with van der Waals surface area (Å²) in [5.74, 6) is 2.53. The van der Waals surface area contributed by atoms with Crippen LogP contribution in [0.4, 0.5) is 0 Å². The number of hydrogen-bond donors (Lipinski definition) is 3. The first-order valence-corrected chi connectivity index (χ1v) is 7.73. The van der Waals surface area contributed by atoms with Crippen molar-refractivity contribution in [3.8, 4) is 0 Å². The lowest BCUT2D eigenvalue weighted by atomic mass is 10.1. The highest BCUT2D eigenvalue weighted by molar-refractivity contribution is 5.79. The summed E-state index contributed by atoms with van der Waals surface area (Å²) in [6.45, 7) is 7.81. The van der Waals surface area contributed by atoms with Crippen LogP contribution >= 0.6 is 0 Å². The molecule has 0 aromatic carbocycles. The van der Waals surface area contributed by atoms with Gasteiger partial charge in [-0.3, -0.25) is 0 Å². The van der Waals surface area contributed by atoms with Crippen LogP contribution in [0.2, 0.25) is 0 Å². The molecule has 2 atom stereocenters. The van der Waals surface area contributed by atoms with Crippen molar-refractivity contribution in [2.75, 3.05) is 13.1 Å². The van der Waals surface area contributed by atoms with Crippen LogP contribution in [0.3, 0.4) is 0 Å². The fourth-order valence-electron chi connectivity index (χ4n) is 2.58. The van der Waals surface area contributed by atoms with Gasteiger partial charge in [-0.25, -0.2) is 9.98 Å². The molecule has 1 aromatic rings. The van der Waals surface area contributed by atoms with Gasteiger partial charge in [0, 0.05) is 19.0 Å². The maximum absolute atomic E-state index is 9.85. The number of nitrogens with one attached hydrogen (secondary N) is 2. The maximum Gasteiger partial charge on any atom is 0.216 e. The maximum atomic E-state index is 9.85. The minimum atomic E-state index is -0.183. The summed E-state index contributed by atoms with van der Waals surface area (Å²) in [7, 11) is 0. The Morgan fingerprint density at radius 1 is 1.38 bits per heavy atom. The third-order valence-corrected chi connectivity index (χ3v) is 3.94. The smallest absolute Gasteiger partial charge is 0.216 e. The minimum absolute atomic E-state index is 0.183. The fourth-order valence-corrected chi connectivity index (χ4v) is 2.58. The van der Waals surface area contributed by atoms with Crippen LogP contribution in [0, 0.1) is 19.8 Å². The van der Waals surface area contributed by atoms with Gasteiger partial charge in [-0.2, -0.15) is 0 Å². The van der Waals surface area contributed by atoms with E-state index in [0.717, 1.165) is 49.8 Å². The topological polar surface area (TPSA) is 82.7 Å². The molecule has 1 aliphatic rings. The van der Waals surface area contributed by atoms with E-state index in [1.165, 1.54) is 0 Å². The van der Waals surface area contributed by atoms with Gasteiger partial charge in [0.05, 0.1) is 11.8 Å². The molecule has 0 saturated heterocycles. The van der Waals surface area contributed by atoms with Gasteiger partial charge >= 0.3 is 0 Å². The highest BCUT2D eigenvalue weighted by Gasteiger charge is 2.24. The number of hydrogen-bond acceptors (Lipinski definition) is 4. The number of rotatable bonds is 5. The van der Waals surface area contributed by atoms with Crippen molar-refractivity contribution in [2.24, 2.45) is 10.9 Å². The molecule has 0 bridgehead atoms. The number of aliphatic imine (C=N–C) groups is 1. The van der Waals surface area contributed by atoms with Crippen molar-refractivity contribution < 1.29 is 9.52 Å². The van der Waals surface area contributed by atoms with Crippen LogP contribution in [0.1, 0.15) is 43.5 Å². The summed E-state index contributed by atoms with van der Waals surface area (Å²) in [4.78, 5) is 8.80. The van der Waals surface area contributed by atoms with E-state index in [2.05, 4.69) is 20.6 Å². The molecule has 1 heterocycles. The number of aliphatic hydroxyl groups excluding tert-OH is 1. The second-order valence-electron chi connectivity index (χ2n) is 5.58. The van der Waals surface area contributed by atoms with E-state index in [4.69, 9.17) is 4.42 Å². The molecule has 6 heteroatoms. The summed E-state index contributed by atoms with van der Waals surface area (Å²) in [6.07, 6.45) is 2.91. The fraction of sp³-hybridized carbons (Fsp3) is 0.733. The zero-order chi connectivity index (χ0) is 15.2. The Kier molecular flexibility index (Phi) is 5.61. The Morgan fingerprint density at radius 2 is 2.19 bits per heavy atom. The van der Waals surface area contributed by atoms with Gasteiger partial charge in [0.1, 0.15) is 12.3 Å². The molecule has 0 radical (unpaired) electrons. The van der Waals surface area contributed by atoms with E-state index in [1.54, 1.807) is 0 Å². The van der Waals surface area contributed by atoms with Gasteiger partial charge in [0.2, 0.25) is 5.89 Å². The molecule has 1 aliphatic carbocycles. The van der Waals surface area contributed by atoms with Crippen molar-refractivity contribution in [3.05, 3.63) is 17.3 Å². The average Bonchev–Trinajstić information content (AvgIpc) is 3.00. The molecule has 0 amide bonds. The summed E-state index contributed by atoms with van der Waals surface area (Å²) in [5.41, 5.74) is 0.909. The zero-order valence-electron chi connectivity index (χ0n) is 13.1. The van der Waals surface area contributed by atoms with Gasteiger partial charge in [0.25, 0.3) is 0 Å². The molecule has 21 heavy (non-hydrogen) atoms. The van der Waals surface area contributed by atoms with Crippen molar-refractivity contribution in [1.29, 1.82) is 0 Å². The number of aryl methyl sites for hydroxylation is 2. The second kappa shape index (κ2) is 7.45.